The van der Waals surface area contributed by atoms with Gasteiger partial charge in [0.2, 0.25) is 5.95 Å². The Morgan fingerprint density at radius 2 is 1.53 bits per heavy atom. The second-order valence-corrected chi connectivity index (χ2v) is 18.6. The number of nitrogens with zero attached hydrogens (tertiary/aromatic N) is 5. The van der Waals surface area contributed by atoms with E-state index in [-0.39, 0.29) is 40.9 Å². The summed E-state index contributed by atoms with van der Waals surface area (Å²) in [5.74, 6) is -3.13. The molecular weight excluding hydrogens is 724 g/mol. The Labute approximate surface area is 298 Å². The molecule has 0 radical (unpaired) electrons. The summed E-state index contributed by atoms with van der Waals surface area (Å²) < 4.78 is 97.7. The van der Waals surface area contributed by atoms with Crippen molar-refractivity contribution in [3.63, 3.8) is 0 Å². The zero-order chi connectivity index (χ0) is 35.5. The Morgan fingerprint density at radius 1 is 0.843 bits per heavy atom. The number of thiazole rings is 1. The van der Waals surface area contributed by atoms with Crippen LogP contribution in [-0.2, 0) is 19.9 Å². The van der Waals surface area contributed by atoms with Crippen LogP contribution in [0.1, 0.15) is 44.9 Å². The van der Waals surface area contributed by atoms with Gasteiger partial charge in [0.05, 0.1) is 33.5 Å². The molecule has 8 rings (SSSR count). The van der Waals surface area contributed by atoms with Gasteiger partial charge in [-0.3, -0.25) is 9.62 Å². The second-order valence-electron chi connectivity index (χ2n) is 13.7. The fraction of sp³-hybridized carbons (Fsp3) is 0.441. The van der Waals surface area contributed by atoms with Crippen molar-refractivity contribution in [3.8, 4) is 21.8 Å². The Balaban J connectivity index is 1.17. The van der Waals surface area contributed by atoms with Crippen LogP contribution < -0.4 is 14.9 Å². The predicted octanol–water partition coefficient (Wildman–Crippen LogP) is 5.68. The summed E-state index contributed by atoms with van der Waals surface area (Å²) in [6.07, 6.45) is 8.12. The molecule has 5 heterocycles. The highest BCUT2D eigenvalue weighted by Gasteiger charge is 2.44. The molecule has 0 amide bonds. The Morgan fingerprint density at radius 3 is 2.20 bits per heavy atom. The summed E-state index contributed by atoms with van der Waals surface area (Å²) in [7, 11) is -7.91. The van der Waals surface area contributed by atoms with E-state index in [9.17, 15) is 25.6 Å². The highest BCUT2D eigenvalue weighted by Crippen LogP contribution is 2.46. The van der Waals surface area contributed by atoms with Crippen LogP contribution in [0.2, 0.25) is 0 Å². The number of aromatic nitrogens is 3. The summed E-state index contributed by atoms with van der Waals surface area (Å²) >= 11 is 1.37. The fourth-order valence-electron chi connectivity index (χ4n) is 7.57. The first-order chi connectivity index (χ1) is 24.5. The molecule has 4 fully saturated rings. The maximum atomic E-state index is 16.5. The summed E-state index contributed by atoms with van der Waals surface area (Å²) in [5.41, 5.74) is 0.170. The Hall–Kier alpha value is -3.80. The monoisotopic (exact) mass is 759 g/mol. The lowest BCUT2D eigenvalue weighted by Gasteiger charge is -2.46. The van der Waals surface area contributed by atoms with Gasteiger partial charge in [-0.25, -0.2) is 45.0 Å². The molecule has 270 valence electrons. The molecule has 2 aromatic heterocycles. The van der Waals surface area contributed by atoms with Crippen LogP contribution >= 0.6 is 11.3 Å². The molecule has 2 atom stereocenters. The van der Waals surface area contributed by atoms with Crippen molar-refractivity contribution in [2.75, 3.05) is 39.5 Å². The molecule has 2 N–H and O–H groups in total. The first-order valence-electron chi connectivity index (χ1n) is 17.0. The molecule has 1 aliphatic carbocycles. The molecule has 3 aliphatic heterocycles. The number of rotatable bonds is 9. The van der Waals surface area contributed by atoms with Crippen LogP contribution in [0.5, 0.6) is 0 Å². The van der Waals surface area contributed by atoms with Gasteiger partial charge in [0.15, 0.2) is 15.8 Å². The fourth-order valence-corrected chi connectivity index (χ4v) is 11.5. The molecule has 2 bridgehead atoms. The SMILES string of the molecule is O=S1(=O)CCC(Nc2nccc(-c3sc(N4C5CCC4CN(C4CCC4)C5)nc3-c3cccc(NS(=O)(=O)c4c(F)cccc4F)c3F)n2)CC1. The van der Waals surface area contributed by atoms with E-state index in [2.05, 4.69) is 20.1 Å². The molecule has 2 aromatic carbocycles. The molecule has 51 heavy (non-hydrogen) atoms. The van der Waals surface area contributed by atoms with Gasteiger partial charge in [-0.05, 0) is 68.9 Å². The van der Waals surface area contributed by atoms with Gasteiger partial charge in [0, 0.05) is 49.0 Å². The van der Waals surface area contributed by atoms with Crippen LogP contribution in [-0.4, -0.2) is 85.5 Å². The van der Waals surface area contributed by atoms with Crippen molar-refractivity contribution in [1.29, 1.82) is 0 Å². The molecule has 11 nitrogen and oxygen atoms in total. The van der Waals surface area contributed by atoms with Gasteiger partial charge >= 0.3 is 0 Å². The summed E-state index contributed by atoms with van der Waals surface area (Å²) in [4.78, 5) is 18.4. The lowest BCUT2D eigenvalue weighted by Crippen LogP contribution is -2.57. The topological polar surface area (TPSA) is 137 Å². The molecule has 1 saturated carbocycles. The average Bonchev–Trinajstić information content (AvgIpc) is 3.60. The number of sulfonamides is 1. The van der Waals surface area contributed by atoms with Gasteiger partial charge in [-0.15, -0.1) is 0 Å². The molecule has 17 heteroatoms. The van der Waals surface area contributed by atoms with E-state index in [0.717, 1.165) is 44.1 Å². The first kappa shape index (κ1) is 34.3. The van der Waals surface area contributed by atoms with E-state index in [0.29, 0.717) is 40.5 Å². The number of fused-ring (bicyclic) bond motifs is 2. The first-order valence-corrected chi connectivity index (χ1v) is 21.2. The number of nitrogens with one attached hydrogen (secondary N) is 2. The lowest BCUT2D eigenvalue weighted by molar-refractivity contribution is 0.101. The van der Waals surface area contributed by atoms with E-state index in [1.54, 1.807) is 12.3 Å². The van der Waals surface area contributed by atoms with Gasteiger partial charge in [-0.2, -0.15) is 0 Å². The number of likely N-dealkylation sites (tertiary alicyclic amines) is 1. The van der Waals surface area contributed by atoms with E-state index in [4.69, 9.17) is 9.97 Å². The van der Waals surface area contributed by atoms with Crippen molar-refractivity contribution in [3.05, 3.63) is 66.1 Å². The molecule has 0 spiro atoms. The van der Waals surface area contributed by atoms with Crippen molar-refractivity contribution in [2.45, 2.75) is 74.0 Å². The molecular formula is C34H36F3N7O4S3. The highest BCUT2D eigenvalue weighted by atomic mass is 32.2. The molecule has 3 saturated heterocycles. The number of sulfone groups is 1. The molecule has 2 unspecified atom stereocenters. The minimum absolute atomic E-state index is 0.0206. The zero-order valence-corrected chi connectivity index (χ0v) is 29.9. The average molecular weight is 760 g/mol. The standard InChI is InChI=1S/C34H36F3N7O4S3/c35-25-7-3-8-26(36)32(25)51(47,48)42-27-9-2-6-24(29(27)37)30-31(28-12-15-38-33(40-28)39-20-13-16-50(45,46)17-14-20)49-34(41-30)44-22-10-11-23(44)19-43(18-22)21-4-1-5-21/h2-3,6-9,12,15,20-23,42H,1,4-5,10-11,13-14,16-19H2,(H,38,39,40). The third-order valence-corrected chi connectivity index (χ3v) is 14.6. The summed E-state index contributed by atoms with van der Waals surface area (Å²) in [6, 6.07) is 9.41. The van der Waals surface area contributed by atoms with E-state index >= 15 is 4.39 Å². The third kappa shape index (κ3) is 6.68. The lowest BCUT2D eigenvalue weighted by atomic mass is 9.90. The van der Waals surface area contributed by atoms with Crippen LogP contribution in [0.4, 0.5) is 29.9 Å². The van der Waals surface area contributed by atoms with Gasteiger partial charge in [0.25, 0.3) is 10.0 Å². The van der Waals surface area contributed by atoms with E-state index < -0.39 is 47.9 Å². The Bertz CT molecular complexity index is 2150. The number of hydrogen-bond acceptors (Lipinski definition) is 11. The van der Waals surface area contributed by atoms with Gasteiger partial charge in [0.1, 0.15) is 21.5 Å². The van der Waals surface area contributed by atoms with Crippen molar-refractivity contribution in [1.82, 2.24) is 19.9 Å². The predicted molar refractivity (Wildman–Crippen MR) is 189 cm³/mol. The smallest absolute Gasteiger partial charge is 0.267 e. The number of hydrogen-bond donors (Lipinski definition) is 2. The van der Waals surface area contributed by atoms with Crippen molar-refractivity contribution < 1.29 is 30.0 Å². The van der Waals surface area contributed by atoms with Crippen LogP contribution in [0.3, 0.4) is 0 Å². The highest BCUT2D eigenvalue weighted by molar-refractivity contribution is 7.92. The largest absolute Gasteiger partial charge is 0.351 e. The van der Waals surface area contributed by atoms with E-state index in [1.165, 1.54) is 48.8 Å². The maximum Gasteiger partial charge on any atom is 0.267 e. The second kappa shape index (κ2) is 13.3. The summed E-state index contributed by atoms with van der Waals surface area (Å²) in [5, 5.41) is 3.95. The molecule has 4 aliphatic rings. The minimum atomic E-state index is -4.85. The number of halogens is 3. The third-order valence-electron chi connectivity index (χ3n) is 10.4. The maximum absolute atomic E-state index is 16.5. The van der Waals surface area contributed by atoms with Crippen LogP contribution in [0.15, 0.2) is 53.6 Å². The Kier molecular flexibility index (Phi) is 8.95. The van der Waals surface area contributed by atoms with Crippen molar-refractivity contribution >= 4 is 48.0 Å². The molecule has 4 aromatic rings. The summed E-state index contributed by atoms with van der Waals surface area (Å²) in [6.45, 7) is 1.84. The zero-order valence-electron chi connectivity index (χ0n) is 27.4. The van der Waals surface area contributed by atoms with Crippen LogP contribution in [0, 0.1) is 17.5 Å². The number of piperazine rings is 1. The quantitative estimate of drug-likeness (QED) is 0.219. The minimum Gasteiger partial charge on any atom is -0.351 e. The number of anilines is 3. The normalized spacial score (nSPS) is 22.5. The van der Waals surface area contributed by atoms with Crippen LogP contribution in [0.25, 0.3) is 21.8 Å². The van der Waals surface area contributed by atoms with Gasteiger partial charge < -0.3 is 10.2 Å². The van der Waals surface area contributed by atoms with Crippen molar-refractivity contribution in [2.24, 2.45) is 0 Å². The number of benzene rings is 2. The van der Waals surface area contributed by atoms with E-state index in [1.807, 2.05) is 4.72 Å². The van der Waals surface area contributed by atoms with Gasteiger partial charge in [-0.1, -0.05) is 29.9 Å².